The molecule has 1 heterocycles. The number of hydrogen-bond acceptors (Lipinski definition) is 5. The highest BCUT2D eigenvalue weighted by molar-refractivity contribution is 5.79. The third kappa shape index (κ3) is 2.50. The number of hydrogen-bond donors (Lipinski definition) is 2. The molecule has 1 aromatic carbocycles. The maximum absolute atomic E-state index is 11.0. The second-order valence-corrected chi connectivity index (χ2v) is 3.99. The van der Waals surface area contributed by atoms with Gasteiger partial charge in [-0.05, 0) is 6.07 Å². The zero-order valence-corrected chi connectivity index (χ0v) is 9.80. The number of rotatable bonds is 4. The van der Waals surface area contributed by atoms with Crippen molar-refractivity contribution in [3.8, 4) is 5.75 Å². The highest BCUT2D eigenvalue weighted by Gasteiger charge is 2.22. The van der Waals surface area contributed by atoms with Crippen molar-refractivity contribution in [1.29, 1.82) is 0 Å². The molecule has 0 radical (unpaired) electrons. The Bertz CT molecular complexity index is 489. The van der Waals surface area contributed by atoms with Gasteiger partial charge in [0, 0.05) is 30.8 Å². The highest BCUT2D eigenvalue weighted by atomic mass is 16.6. The number of amides is 1. The van der Waals surface area contributed by atoms with E-state index >= 15 is 0 Å². The van der Waals surface area contributed by atoms with Crippen LogP contribution in [0.3, 0.4) is 0 Å². The Hall–Kier alpha value is -2.31. The van der Waals surface area contributed by atoms with E-state index in [0.29, 0.717) is 18.7 Å². The Morgan fingerprint density at radius 2 is 2.33 bits per heavy atom. The predicted molar refractivity (Wildman–Crippen MR) is 64.7 cm³/mol. The Labute approximate surface area is 103 Å². The van der Waals surface area contributed by atoms with Crippen LogP contribution in [0.15, 0.2) is 18.2 Å². The Morgan fingerprint density at radius 1 is 1.56 bits per heavy atom. The van der Waals surface area contributed by atoms with E-state index in [1.54, 1.807) is 12.1 Å². The van der Waals surface area contributed by atoms with Crippen LogP contribution in [-0.2, 0) is 4.79 Å². The van der Waals surface area contributed by atoms with Crippen LogP contribution < -0.4 is 15.4 Å². The van der Waals surface area contributed by atoms with Crippen molar-refractivity contribution in [2.45, 2.75) is 12.5 Å². The van der Waals surface area contributed by atoms with E-state index in [4.69, 9.17) is 4.74 Å². The van der Waals surface area contributed by atoms with E-state index in [1.165, 1.54) is 13.2 Å². The van der Waals surface area contributed by atoms with Gasteiger partial charge < -0.3 is 15.4 Å². The SMILES string of the molecule is COc1cc(NC2CNC(=O)C2)ccc1[N+](=O)[O-]. The van der Waals surface area contributed by atoms with Gasteiger partial charge in [-0.2, -0.15) is 0 Å². The number of nitrogens with one attached hydrogen (secondary N) is 2. The summed E-state index contributed by atoms with van der Waals surface area (Å²) in [5.74, 6) is 0.198. The molecule has 2 N–H and O–H groups in total. The second kappa shape index (κ2) is 4.91. The third-order valence-electron chi connectivity index (χ3n) is 2.72. The largest absolute Gasteiger partial charge is 0.490 e. The first-order valence-electron chi connectivity index (χ1n) is 5.46. The lowest BCUT2D eigenvalue weighted by atomic mass is 10.2. The number of carbonyl (C=O) groups excluding carboxylic acids is 1. The van der Waals surface area contributed by atoms with Gasteiger partial charge in [0.1, 0.15) is 0 Å². The summed E-state index contributed by atoms with van der Waals surface area (Å²) in [6, 6.07) is 4.54. The van der Waals surface area contributed by atoms with Crippen molar-refractivity contribution < 1.29 is 14.5 Å². The molecule has 1 fully saturated rings. The van der Waals surface area contributed by atoms with Crippen molar-refractivity contribution >= 4 is 17.3 Å². The topological polar surface area (TPSA) is 93.5 Å². The number of anilines is 1. The van der Waals surface area contributed by atoms with Crippen LogP contribution in [0.25, 0.3) is 0 Å². The summed E-state index contributed by atoms with van der Waals surface area (Å²) in [4.78, 5) is 21.3. The first-order valence-corrected chi connectivity index (χ1v) is 5.46. The zero-order valence-electron chi connectivity index (χ0n) is 9.80. The minimum atomic E-state index is -0.497. The molecule has 96 valence electrons. The second-order valence-electron chi connectivity index (χ2n) is 3.99. The van der Waals surface area contributed by atoms with Crippen molar-refractivity contribution in [2.24, 2.45) is 0 Å². The van der Waals surface area contributed by atoms with Crippen LogP contribution in [-0.4, -0.2) is 30.5 Å². The monoisotopic (exact) mass is 251 g/mol. The molecule has 7 heteroatoms. The molecule has 1 aromatic rings. The summed E-state index contributed by atoms with van der Waals surface area (Å²) >= 11 is 0. The molecule has 18 heavy (non-hydrogen) atoms. The van der Waals surface area contributed by atoms with Crippen LogP contribution >= 0.6 is 0 Å². The first-order chi connectivity index (χ1) is 8.60. The molecule has 0 aliphatic carbocycles. The molecule has 1 aliphatic heterocycles. The van der Waals surface area contributed by atoms with E-state index in [0.717, 1.165) is 0 Å². The lowest BCUT2D eigenvalue weighted by molar-refractivity contribution is -0.385. The summed E-state index contributed by atoms with van der Waals surface area (Å²) in [6.07, 6.45) is 0.402. The summed E-state index contributed by atoms with van der Waals surface area (Å²) in [5, 5.41) is 16.6. The Balaban J connectivity index is 2.14. The fourth-order valence-electron chi connectivity index (χ4n) is 1.86. The Kier molecular flexibility index (Phi) is 3.31. The number of nitrogens with zero attached hydrogens (tertiary/aromatic N) is 1. The van der Waals surface area contributed by atoms with Crippen LogP contribution in [0, 0.1) is 10.1 Å². The van der Waals surface area contributed by atoms with E-state index in [2.05, 4.69) is 10.6 Å². The van der Waals surface area contributed by atoms with Gasteiger partial charge in [-0.3, -0.25) is 14.9 Å². The van der Waals surface area contributed by atoms with Gasteiger partial charge in [0.05, 0.1) is 18.1 Å². The van der Waals surface area contributed by atoms with Gasteiger partial charge >= 0.3 is 5.69 Å². The van der Waals surface area contributed by atoms with Crippen LogP contribution in [0.4, 0.5) is 11.4 Å². The van der Waals surface area contributed by atoms with Crippen molar-refractivity contribution in [3.05, 3.63) is 28.3 Å². The van der Waals surface area contributed by atoms with Gasteiger partial charge in [-0.15, -0.1) is 0 Å². The molecule has 0 aromatic heterocycles. The summed E-state index contributed by atoms with van der Waals surface area (Å²) in [5.41, 5.74) is 0.614. The summed E-state index contributed by atoms with van der Waals surface area (Å²) in [6.45, 7) is 0.554. The zero-order chi connectivity index (χ0) is 13.1. The van der Waals surface area contributed by atoms with Crippen LogP contribution in [0.1, 0.15) is 6.42 Å². The molecule has 1 unspecified atom stereocenters. The molecule has 0 saturated carbocycles. The molecule has 7 nitrogen and oxygen atoms in total. The van der Waals surface area contributed by atoms with Gasteiger partial charge in [0.15, 0.2) is 5.75 Å². The minimum absolute atomic E-state index is 0.00127. The van der Waals surface area contributed by atoms with E-state index in [9.17, 15) is 14.9 Å². The van der Waals surface area contributed by atoms with Gasteiger partial charge in [-0.25, -0.2) is 0 Å². The number of ether oxygens (including phenoxy) is 1. The molecule has 0 spiro atoms. The van der Waals surface area contributed by atoms with Crippen LogP contribution in [0.5, 0.6) is 5.75 Å². The summed E-state index contributed by atoms with van der Waals surface area (Å²) < 4.78 is 4.97. The third-order valence-corrected chi connectivity index (χ3v) is 2.72. The van der Waals surface area contributed by atoms with Crippen molar-refractivity contribution in [2.75, 3.05) is 19.0 Å². The fraction of sp³-hybridized carbons (Fsp3) is 0.364. The molecule has 1 atom stereocenters. The standard InChI is InChI=1S/C11H13N3O4/c1-18-10-4-7(2-3-9(10)14(16)17)13-8-5-11(15)12-6-8/h2-4,8,13H,5-6H2,1H3,(H,12,15). The number of nitro benzene ring substituents is 1. The maximum Gasteiger partial charge on any atom is 0.311 e. The number of nitro groups is 1. The van der Waals surface area contributed by atoms with Crippen molar-refractivity contribution in [3.63, 3.8) is 0 Å². The quantitative estimate of drug-likeness (QED) is 0.612. The molecule has 0 bridgehead atoms. The molecule has 1 amide bonds. The average Bonchev–Trinajstić information content (AvgIpc) is 2.74. The molecular formula is C11H13N3O4. The molecule has 1 saturated heterocycles. The molecule has 2 rings (SSSR count). The minimum Gasteiger partial charge on any atom is -0.490 e. The number of benzene rings is 1. The highest BCUT2D eigenvalue weighted by Crippen LogP contribution is 2.30. The lowest BCUT2D eigenvalue weighted by Gasteiger charge is -2.12. The molecular weight excluding hydrogens is 238 g/mol. The lowest BCUT2D eigenvalue weighted by Crippen LogP contribution is -2.22. The first kappa shape index (κ1) is 12.2. The summed E-state index contributed by atoms with van der Waals surface area (Å²) in [7, 11) is 1.38. The van der Waals surface area contributed by atoms with E-state index < -0.39 is 4.92 Å². The van der Waals surface area contributed by atoms with E-state index in [-0.39, 0.29) is 23.4 Å². The van der Waals surface area contributed by atoms with Crippen molar-refractivity contribution in [1.82, 2.24) is 5.32 Å². The molecule has 1 aliphatic rings. The van der Waals surface area contributed by atoms with Gasteiger partial charge in [-0.1, -0.05) is 0 Å². The fourth-order valence-corrected chi connectivity index (χ4v) is 1.86. The smallest absolute Gasteiger partial charge is 0.311 e. The predicted octanol–water partition coefficient (Wildman–Crippen LogP) is 0.904. The van der Waals surface area contributed by atoms with E-state index in [1.807, 2.05) is 0 Å². The normalized spacial score (nSPS) is 18.3. The van der Waals surface area contributed by atoms with Gasteiger partial charge in [0.25, 0.3) is 0 Å². The number of methoxy groups -OCH3 is 1. The Morgan fingerprint density at radius 3 is 2.89 bits per heavy atom. The maximum atomic E-state index is 11.0. The van der Waals surface area contributed by atoms with Crippen LogP contribution in [0.2, 0.25) is 0 Å². The average molecular weight is 251 g/mol. The number of carbonyl (C=O) groups is 1. The van der Waals surface area contributed by atoms with Gasteiger partial charge in [0.2, 0.25) is 5.91 Å².